The Morgan fingerprint density at radius 1 is 1.04 bits per heavy atom. The van der Waals surface area contributed by atoms with E-state index in [-0.39, 0.29) is 11.2 Å². The molecular weight excluding hydrogens is 296 g/mol. The van der Waals surface area contributed by atoms with Gasteiger partial charge in [-0.25, -0.2) is 0 Å². The lowest BCUT2D eigenvalue weighted by atomic mass is 9.79. The molecule has 0 aromatic heterocycles. The summed E-state index contributed by atoms with van der Waals surface area (Å²) in [6.07, 6.45) is 7.57. The minimum Gasteiger partial charge on any atom is -0.366 e. The summed E-state index contributed by atoms with van der Waals surface area (Å²) in [6.45, 7) is 6.85. The van der Waals surface area contributed by atoms with Gasteiger partial charge in [0.25, 0.3) is 0 Å². The zero-order valence-electron chi connectivity index (χ0n) is 15.3. The molecule has 132 valence electrons. The minimum atomic E-state index is 0.148. The van der Waals surface area contributed by atoms with Crippen LogP contribution in [0.3, 0.4) is 0 Å². The summed E-state index contributed by atoms with van der Waals surface area (Å²) in [6, 6.07) is 11.6. The average molecular weight is 329 g/mol. The van der Waals surface area contributed by atoms with E-state index in [2.05, 4.69) is 54.1 Å². The summed E-state index contributed by atoms with van der Waals surface area (Å²) in [7, 11) is 2.29. The van der Waals surface area contributed by atoms with Crippen molar-refractivity contribution in [3.05, 3.63) is 35.9 Å². The number of ether oxygens (including phenoxy) is 1. The Morgan fingerprint density at radius 3 is 2.25 bits per heavy atom. The Labute approximate surface area is 147 Å². The first-order valence-electron chi connectivity index (χ1n) is 9.79. The molecule has 1 aromatic rings. The lowest BCUT2D eigenvalue weighted by Crippen LogP contribution is -2.58. The van der Waals surface area contributed by atoms with E-state index < -0.39 is 0 Å². The fourth-order valence-electron chi connectivity index (χ4n) is 4.85. The summed E-state index contributed by atoms with van der Waals surface area (Å²) in [4.78, 5) is 5.19. The van der Waals surface area contributed by atoms with Gasteiger partial charge in [0.2, 0.25) is 0 Å². The van der Waals surface area contributed by atoms with Gasteiger partial charge in [-0.15, -0.1) is 0 Å². The van der Waals surface area contributed by atoms with Crippen molar-refractivity contribution in [1.82, 2.24) is 9.80 Å². The second-order valence-corrected chi connectivity index (χ2v) is 8.40. The SMILES string of the molecule is CCN1CC2(CCC(N(C)Cc3ccccc3)CC2)OC2(CC2)C1. The zero-order valence-corrected chi connectivity index (χ0v) is 15.3. The summed E-state index contributed by atoms with van der Waals surface area (Å²) in [5.74, 6) is 0. The molecule has 3 fully saturated rings. The van der Waals surface area contributed by atoms with Gasteiger partial charge in [-0.3, -0.25) is 9.80 Å². The molecule has 1 aliphatic heterocycles. The molecule has 3 heteroatoms. The number of rotatable bonds is 4. The molecule has 0 amide bonds. The number of nitrogens with zero attached hydrogens (tertiary/aromatic N) is 2. The summed E-state index contributed by atoms with van der Waals surface area (Å²) < 4.78 is 6.73. The van der Waals surface area contributed by atoms with Crippen LogP contribution in [0.4, 0.5) is 0 Å². The Hall–Kier alpha value is -0.900. The van der Waals surface area contributed by atoms with E-state index in [0.717, 1.165) is 13.1 Å². The molecule has 4 rings (SSSR count). The van der Waals surface area contributed by atoms with Crippen molar-refractivity contribution in [2.24, 2.45) is 0 Å². The van der Waals surface area contributed by atoms with E-state index in [1.54, 1.807) is 0 Å². The highest BCUT2D eigenvalue weighted by atomic mass is 16.5. The highest BCUT2D eigenvalue weighted by Gasteiger charge is 2.55. The molecule has 1 aromatic carbocycles. The van der Waals surface area contributed by atoms with Crippen molar-refractivity contribution in [2.75, 3.05) is 26.7 Å². The second-order valence-electron chi connectivity index (χ2n) is 8.40. The molecule has 1 saturated heterocycles. The van der Waals surface area contributed by atoms with Gasteiger partial charge >= 0.3 is 0 Å². The topological polar surface area (TPSA) is 15.7 Å². The molecule has 2 spiro atoms. The average Bonchev–Trinajstić information content (AvgIpc) is 3.33. The molecule has 1 heterocycles. The van der Waals surface area contributed by atoms with E-state index in [9.17, 15) is 0 Å². The fraction of sp³-hybridized carbons (Fsp3) is 0.714. The van der Waals surface area contributed by atoms with Crippen LogP contribution in [0, 0.1) is 0 Å². The van der Waals surface area contributed by atoms with Crippen LogP contribution in [0.25, 0.3) is 0 Å². The lowest BCUT2D eigenvalue weighted by molar-refractivity contribution is -0.186. The fourth-order valence-corrected chi connectivity index (χ4v) is 4.85. The Bertz CT molecular complexity index is 546. The van der Waals surface area contributed by atoms with Gasteiger partial charge in [0, 0.05) is 25.7 Å². The van der Waals surface area contributed by atoms with Gasteiger partial charge in [0.05, 0.1) is 11.2 Å². The molecule has 3 aliphatic rings. The van der Waals surface area contributed by atoms with Crippen LogP contribution in [-0.2, 0) is 11.3 Å². The number of hydrogen-bond donors (Lipinski definition) is 0. The molecule has 2 saturated carbocycles. The number of hydrogen-bond acceptors (Lipinski definition) is 3. The smallest absolute Gasteiger partial charge is 0.0819 e. The highest BCUT2D eigenvalue weighted by molar-refractivity contribution is 5.14. The van der Waals surface area contributed by atoms with Crippen LogP contribution in [-0.4, -0.2) is 53.7 Å². The first-order valence-corrected chi connectivity index (χ1v) is 9.79. The molecule has 0 unspecified atom stereocenters. The van der Waals surface area contributed by atoms with Crippen molar-refractivity contribution in [3.8, 4) is 0 Å². The molecular formula is C21H32N2O. The number of morpholine rings is 1. The van der Waals surface area contributed by atoms with Gasteiger partial charge in [0.1, 0.15) is 0 Å². The van der Waals surface area contributed by atoms with Gasteiger partial charge < -0.3 is 4.74 Å². The maximum Gasteiger partial charge on any atom is 0.0819 e. The Morgan fingerprint density at radius 2 is 1.67 bits per heavy atom. The Balaban J connectivity index is 1.36. The largest absolute Gasteiger partial charge is 0.366 e. The monoisotopic (exact) mass is 328 g/mol. The van der Waals surface area contributed by atoms with Crippen molar-refractivity contribution in [2.45, 2.75) is 69.2 Å². The van der Waals surface area contributed by atoms with E-state index in [4.69, 9.17) is 4.74 Å². The molecule has 3 nitrogen and oxygen atoms in total. The van der Waals surface area contributed by atoms with Crippen LogP contribution in [0.5, 0.6) is 0 Å². The van der Waals surface area contributed by atoms with Gasteiger partial charge in [-0.05, 0) is 57.7 Å². The normalized spacial score (nSPS) is 32.5. The highest BCUT2D eigenvalue weighted by Crippen LogP contribution is 2.50. The van der Waals surface area contributed by atoms with Gasteiger partial charge in [-0.1, -0.05) is 37.3 Å². The second kappa shape index (κ2) is 6.44. The van der Waals surface area contributed by atoms with E-state index >= 15 is 0 Å². The number of benzene rings is 1. The quantitative estimate of drug-likeness (QED) is 0.838. The maximum absolute atomic E-state index is 6.73. The third kappa shape index (κ3) is 3.40. The number of likely N-dealkylation sites (N-methyl/N-ethyl adjacent to an activating group) is 1. The minimum absolute atomic E-state index is 0.148. The van der Waals surface area contributed by atoms with Gasteiger partial charge in [0.15, 0.2) is 0 Å². The van der Waals surface area contributed by atoms with Crippen molar-refractivity contribution in [1.29, 1.82) is 0 Å². The summed E-state index contributed by atoms with van der Waals surface area (Å²) >= 11 is 0. The van der Waals surface area contributed by atoms with E-state index in [1.807, 2.05) is 0 Å². The van der Waals surface area contributed by atoms with Crippen LogP contribution in [0.2, 0.25) is 0 Å². The predicted molar refractivity (Wildman–Crippen MR) is 98.1 cm³/mol. The van der Waals surface area contributed by atoms with Gasteiger partial charge in [-0.2, -0.15) is 0 Å². The van der Waals surface area contributed by atoms with Crippen LogP contribution >= 0.6 is 0 Å². The standard InChI is InChI=1S/C21H32N2O/c1-3-23-16-20(24-21(17-23)13-14-21)11-9-19(10-12-20)22(2)15-18-7-5-4-6-8-18/h4-8,19H,3,9-17H2,1-2H3. The summed E-state index contributed by atoms with van der Waals surface area (Å²) in [5.41, 5.74) is 1.80. The van der Waals surface area contributed by atoms with Crippen molar-refractivity contribution in [3.63, 3.8) is 0 Å². The molecule has 0 N–H and O–H groups in total. The lowest BCUT2D eigenvalue weighted by Gasteiger charge is -2.50. The molecule has 0 bridgehead atoms. The van der Waals surface area contributed by atoms with Crippen molar-refractivity contribution < 1.29 is 4.74 Å². The summed E-state index contributed by atoms with van der Waals surface area (Å²) in [5, 5.41) is 0. The molecule has 0 radical (unpaired) electrons. The third-order valence-electron chi connectivity index (χ3n) is 6.48. The molecule has 0 atom stereocenters. The maximum atomic E-state index is 6.73. The van der Waals surface area contributed by atoms with Crippen LogP contribution in [0.1, 0.15) is 51.0 Å². The van der Waals surface area contributed by atoms with Crippen LogP contribution < -0.4 is 0 Å². The predicted octanol–water partition coefficient (Wildman–Crippen LogP) is 3.68. The zero-order chi connectivity index (χ0) is 16.6. The first-order chi connectivity index (χ1) is 11.6. The Kier molecular flexibility index (Phi) is 4.44. The van der Waals surface area contributed by atoms with Crippen LogP contribution in [0.15, 0.2) is 30.3 Å². The van der Waals surface area contributed by atoms with E-state index in [1.165, 1.54) is 57.2 Å². The van der Waals surface area contributed by atoms with E-state index in [0.29, 0.717) is 6.04 Å². The first kappa shape index (κ1) is 16.6. The molecule has 24 heavy (non-hydrogen) atoms. The molecule has 2 aliphatic carbocycles. The van der Waals surface area contributed by atoms with Crippen molar-refractivity contribution >= 4 is 0 Å². The third-order valence-corrected chi connectivity index (χ3v) is 6.48.